The largest absolute Gasteiger partial charge is 0.481 e. The number of halogens is 1. The van der Waals surface area contributed by atoms with Crippen molar-refractivity contribution in [3.05, 3.63) is 32.3 Å². The maximum absolute atomic E-state index is 11.8. The third-order valence-corrected chi connectivity index (χ3v) is 3.84. The van der Waals surface area contributed by atoms with Crippen molar-refractivity contribution < 1.29 is 19.6 Å². The van der Waals surface area contributed by atoms with E-state index in [2.05, 4.69) is 21.2 Å². The first kappa shape index (κ1) is 14.4. The van der Waals surface area contributed by atoms with Crippen LogP contribution in [0.15, 0.2) is 16.6 Å². The van der Waals surface area contributed by atoms with Crippen molar-refractivity contribution in [1.82, 2.24) is 0 Å². The van der Waals surface area contributed by atoms with Gasteiger partial charge < -0.3 is 10.4 Å². The quantitative estimate of drug-likeness (QED) is 0.644. The second kappa shape index (κ2) is 5.20. The number of carboxylic acids is 1. The SMILES string of the molecule is Cc1cc(Br)c(NC(=O)[C@@H]2C[C@@H]2C(=O)O)cc1[N+](=O)[O-]. The van der Waals surface area contributed by atoms with E-state index in [9.17, 15) is 19.7 Å². The van der Waals surface area contributed by atoms with Crippen LogP contribution in [-0.4, -0.2) is 21.9 Å². The van der Waals surface area contributed by atoms with Gasteiger partial charge >= 0.3 is 5.97 Å². The number of anilines is 1. The molecule has 1 saturated carbocycles. The van der Waals surface area contributed by atoms with E-state index in [0.29, 0.717) is 16.5 Å². The van der Waals surface area contributed by atoms with Crippen LogP contribution in [0.2, 0.25) is 0 Å². The van der Waals surface area contributed by atoms with Crippen LogP contribution < -0.4 is 5.32 Å². The average molecular weight is 343 g/mol. The molecule has 20 heavy (non-hydrogen) atoms. The maximum Gasteiger partial charge on any atom is 0.307 e. The Hall–Kier alpha value is -1.96. The highest BCUT2D eigenvalue weighted by Crippen LogP contribution is 2.40. The molecule has 1 amide bonds. The van der Waals surface area contributed by atoms with Crippen LogP contribution in [0, 0.1) is 28.9 Å². The molecular weight excluding hydrogens is 332 g/mol. The van der Waals surface area contributed by atoms with Gasteiger partial charge in [0, 0.05) is 16.1 Å². The number of aliphatic carboxylic acids is 1. The first-order chi connectivity index (χ1) is 9.31. The van der Waals surface area contributed by atoms with Gasteiger partial charge in [-0.25, -0.2) is 0 Å². The van der Waals surface area contributed by atoms with E-state index < -0.39 is 28.6 Å². The van der Waals surface area contributed by atoms with E-state index in [1.54, 1.807) is 6.92 Å². The molecule has 0 aliphatic heterocycles. The molecule has 0 bridgehead atoms. The molecule has 2 N–H and O–H groups in total. The molecule has 8 heteroatoms. The van der Waals surface area contributed by atoms with Crippen LogP contribution in [0.3, 0.4) is 0 Å². The maximum atomic E-state index is 11.8. The summed E-state index contributed by atoms with van der Waals surface area (Å²) in [7, 11) is 0. The summed E-state index contributed by atoms with van der Waals surface area (Å²) >= 11 is 3.22. The molecule has 1 aromatic carbocycles. The fourth-order valence-electron chi connectivity index (χ4n) is 1.94. The van der Waals surface area contributed by atoms with Crippen LogP contribution in [0.4, 0.5) is 11.4 Å². The summed E-state index contributed by atoms with van der Waals surface area (Å²) in [6, 6.07) is 2.80. The van der Waals surface area contributed by atoms with Gasteiger partial charge in [-0.05, 0) is 35.3 Å². The first-order valence-electron chi connectivity index (χ1n) is 5.79. The van der Waals surface area contributed by atoms with E-state index >= 15 is 0 Å². The Morgan fingerprint density at radius 2 is 2.10 bits per heavy atom. The van der Waals surface area contributed by atoms with Gasteiger partial charge in [0.2, 0.25) is 5.91 Å². The highest BCUT2D eigenvalue weighted by atomic mass is 79.9. The van der Waals surface area contributed by atoms with E-state index in [4.69, 9.17) is 5.11 Å². The minimum absolute atomic E-state index is 0.103. The second-order valence-electron chi connectivity index (χ2n) is 4.65. The van der Waals surface area contributed by atoms with Crippen molar-refractivity contribution in [3.8, 4) is 0 Å². The lowest BCUT2D eigenvalue weighted by Gasteiger charge is -2.08. The van der Waals surface area contributed by atoms with E-state index in [-0.39, 0.29) is 11.4 Å². The van der Waals surface area contributed by atoms with Gasteiger partial charge in [0.1, 0.15) is 0 Å². The number of nitro benzene ring substituents is 1. The van der Waals surface area contributed by atoms with Gasteiger partial charge in [-0.15, -0.1) is 0 Å². The van der Waals surface area contributed by atoms with Crippen molar-refractivity contribution in [1.29, 1.82) is 0 Å². The van der Waals surface area contributed by atoms with E-state index in [0.717, 1.165) is 0 Å². The average Bonchev–Trinajstić information content (AvgIpc) is 3.12. The lowest BCUT2D eigenvalue weighted by atomic mass is 10.2. The number of rotatable bonds is 4. The Morgan fingerprint density at radius 1 is 1.45 bits per heavy atom. The van der Waals surface area contributed by atoms with Crippen LogP contribution >= 0.6 is 15.9 Å². The summed E-state index contributed by atoms with van der Waals surface area (Å²) in [4.78, 5) is 32.9. The molecule has 1 fully saturated rings. The van der Waals surface area contributed by atoms with Gasteiger partial charge in [0.25, 0.3) is 5.69 Å². The number of nitrogens with zero attached hydrogens (tertiary/aromatic N) is 1. The number of nitrogens with one attached hydrogen (secondary N) is 1. The Morgan fingerprint density at radius 3 is 2.60 bits per heavy atom. The Kier molecular flexibility index (Phi) is 3.76. The normalized spacial score (nSPS) is 20.3. The standard InChI is InChI=1S/C12H11BrN2O5/c1-5-2-8(13)9(4-10(5)15(19)20)14-11(16)6-3-7(6)12(17)18/h2,4,6-7H,3H2,1H3,(H,14,16)(H,17,18)/t6-,7+/m1/s1. The fraction of sp³-hybridized carbons (Fsp3) is 0.333. The highest BCUT2D eigenvalue weighted by molar-refractivity contribution is 9.10. The van der Waals surface area contributed by atoms with Crippen molar-refractivity contribution in [3.63, 3.8) is 0 Å². The molecule has 2 rings (SSSR count). The zero-order valence-corrected chi connectivity index (χ0v) is 12.0. The van der Waals surface area contributed by atoms with Crippen molar-refractivity contribution >= 4 is 39.2 Å². The van der Waals surface area contributed by atoms with E-state index in [1.165, 1.54) is 12.1 Å². The van der Waals surface area contributed by atoms with E-state index in [1.807, 2.05) is 0 Å². The first-order valence-corrected chi connectivity index (χ1v) is 6.58. The van der Waals surface area contributed by atoms with Gasteiger partial charge in [0.15, 0.2) is 0 Å². The molecule has 0 spiro atoms. The third-order valence-electron chi connectivity index (χ3n) is 3.18. The smallest absolute Gasteiger partial charge is 0.307 e. The minimum Gasteiger partial charge on any atom is -0.481 e. The molecule has 7 nitrogen and oxygen atoms in total. The van der Waals surface area contributed by atoms with Gasteiger partial charge in [-0.3, -0.25) is 19.7 Å². The molecule has 1 aromatic rings. The number of benzene rings is 1. The molecule has 0 heterocycles. The molecule has 0 unspecified atom stereocenters. The Bertz CT molecular complexity index is 616. The number of hydrogen-bond acceptors (Lipinski definition) is 4. The number of nitro groups is 1. The predicted molar refractivity (Wildman–Crippen MR) is 73.4 cm³/mol. The number of carbonyl (C=O) groups excluding carboxylic acids is 1. The number of carboxylic acid groups (broad SMARTS) is 1. The predicted octanol–water partition coefficient (Wildman–Crippen LogP) is 2.32. The summed E-state index contributed by atoms with van der Waals surface area (Å²) in [6.07, 6.45) is 0.298. The topological polar surface area (TPSA) is 110 Å². The molecule has 0 aromatic heterocycles. The summed E-state index contributed by atoms with van der Waals surface area (Å²) < 4.78 is 0.515. The summed E-state index contributed by atoms with van der Waals surface area (Å²) in [5.74, 6) is -2.66. The van der Waals surface area contributed by atoms with Crippen molar-refractivity contribution in [2.24, 2.45) is 11.8 Å². The number of hydrogen-bond donors (Lipinski definition) is 2. The van der Waals surface area contributed by atoms with Crippen molar-refractivity contribution in [2.75, 3.05) is 5.32 Å². The van der Waals surface area contributed by atoms with Crippen LogP contribution in [0.1, 0.15) is 12.0 Å². The van der Waals surface area contributed by atoms with Crippen molar-refractivity contribution in [2.45, 2.75) is 13.3 Å². The molecule has 1 aliphatic carbocycles. The number of aryl methyl sites for hydroxylation is 1. The minimum atomic E-state index is -1.00. The van der Waals surface area contributed by atoms with Crippen LogP contribution in [-0.2, 0) is 9.59 Å². The molecule has 0 radical (unpaired) electrons. The lowest BCUT2D eigenvalue weighted by molar-refractivity contribution is -0.385. The molecule has 106 valence electrons. The van der Waals surface area contributed by atoms with Crippen LogP contribution in [0.25, 0.3) is 0 Å². The molecular formula is C12H11BrN2O5. The highest BCUT2D eigenvalue weighted by Gasteiger charge is 2.48. The Balaban J connectivity index is 2.18. The fourth-order valence-corrected chi connectivity index (χ4v) is 2.49. The van der Waals surface area contributed by atoms with Gasteiger partial charge in [0.05, 0.1) is 22.4 Å². The molecule has 1 aliphatic rings. The number of carbonyl (C=O) groups is 2. The van der Waals surface area contributed by atoms with Gasteiger partial charge in [-0.1, -0.05) is 0 Å². The summed E-state index contributed by atoms with van der Waals surface area (Å²) in [6.45, 7) is 1.59. The molecule has 0 saturated heterocycles. The third kappa shape index (κ3) is 2.79. The number of amides is 1. The van der Waals surface area contributed by atoms with Gasteiger partial charge in [-0.2, -0.15) is 0 Å². The zero-order valence-electron chi connectivity index (χ0n) is 10.4. The van der Waals surface area contributed by atoms with Crippen LogP contribution in [0.5, 0.6) is 0 Å². The Labute approximate surface area is 122 Å². The summed E-state index contributed by atoms with van der Waals surface area (Å²) in [5.41, 5.74) is 0.632. The molecule has 2 atom stereocenters. The lowest BCUT2D eigenvalue weighted by Crippen LogP contribution is -2.17. The zero-order chi connectivity index (χ0) is 15.0. The monoisotopic (exact) mass is 342 g/mol. The summed E-state index contributed by atoms with van der Waals surface area (Å²) in [5, 5.41) is 22.2. The second-order valence-corrected chi connectivity index (χ2v) is 5.51.